The molecule has 6 nitrogen and oxygen atoms in total. The normalized spacial score (nSPS) is 11.6. The number of halogens is 1. The molecule has 0 fully saturated rings. The van der Waals surface area contributed by atoms with Gasteiger partial charge in [0.05, 0.1) is 10.7 Å². The number of nitrogens with one attached hydrogen (secondary N) is 1. The first-order chi connectivity index (χ1) is 16.8. The second-order valence-electron chi connectivity index (χ2n) is 7.65. The number of amides is 1. The molecule has 0 aromatic heterocycles. The topological polar surface area (TPSA) is 96.3 Å². The molecule has 0 bridgehead atoms. The van der Waals surface area contributed by atoms with Gasteiger partial charge in [0.2, 0.25) is 0 Å². The number of hydrogen-bond acceptors (Lipinski definition) is 5. The van der Waals surface area contributed by atoms with Crippen molar-refractivity contribution in [2.24, 2.45) is 0 Å². The summed E-state index contributed by atoms with van der Waals surface area (Å²) >= 11 is 6.12. The predicted molar refractivity (Wildman–Crippen MR) is 137 cm³/mol. The number of carbonyl (C=O) groups excluding carboxylic acids is 1. The van der Waals surface area contributed by atoms with Crippen molar-refractivity contribution in [1.29, 1.82) is 5.26 Å². The highest BCUT2D eigenvalue weighted by atomic mass is 35.5. The molecule has 1 N–H and O–H groups in total. The molecule has 0 atom stereocenters. The quantitative estimate of drug-likeness (QED) is 0.195. The van der Waals surface area contributed by atoms with Crippen LogP contribution < -0.4 is 9.50 Å². The molecule has 8 heteroatoms. The fourth-order valence-corrected chi connectivity index (χ4v) is 4.54. The number of para-hydroxylation sites is 1. The first-order valence-corrected chi connectivity index (χ1v) is 12.3. The van der Waals surface area contributed by atoms with Crippen LogP contribution in [-0.2, 0) is 14.9 Å². The maximum absolute atomic E-state index is 13.0. The van der Waals surface area contributed by atoms with E-state index in [1.54, 1.807) is 54.6 Å². The molecule has 0 aliphatic heterocycles. The zero-order valence-corrected chi connectivity index (χ0v) is 20.1. The smallest absolute Gasteiger partial charge is 0.339 e. The lowest BCUT2D eigenvalue weighted by Gasteiger charge is -2.13. The van der Waals surface area contributed by atoms with E-state index in [0.29, 0.717) is 16.1 Å². The van der Waals surface area contributed by atoms with Gasteiger partial charge in [0.1, 0.15) is 16.5 Å². The molecule has 0 spiro atoms. The highest BCUT2D eigenvalue weighted by molar-refractivity contribution is 7.87. The van der Waals surface area contributed by atoms with Crippen LogP contribution in [0.3, 0.4) is 0 Å². The summed E-state index contributed by atoms with van der Waals surface area (Å²) in [6.07, 6.45) is 1.31. The van der Waals surface area contributed by atoms with Gasteiger partial charge in [-0.25, -0.2) is 0 Å². The third-order valence-electron chi connectivity index (χ3n) is 5.22. The van der Waals surface area contributed by atoms with Crippen LogP contribution in [0.1, 0.15) is 11.1 Å². The van der Waals surface area contributed by atoms with Crippen LogP contribution in [0.4, 0.5) is 5.69 Å². The van der Waals surface area contributed by atoms with Crippen molar-refractivity contribution in [3.63, 3.8) is 0 Å². The van der Waals surface area contributed by atoms with Crippen LogP contribution >= 0.6 is 11.6 Å². The van der Waals surface area contributed by atoms with E-state index in [2.05, 4.69) is 5.32 Å². The maximum atomic E-state index is 13.0. The van der Waals surface area contributed by atoms with E-state index in [9.17, 15) is 18.5 Å². The van der Waals surface area contributed by atoms with Gasteiger partial charge in [-0.3, -0.25) is 4.79 Å². The van der Waals surface area contributed by atoms with Crippen molar-refractivity contribution >= 4 is 50.2 Å². The predicted octanol–water partition coefficient (Wildman–Crippen LogP) is 6.12. The van der Waals surface area contributed by atoms with Crippen molar-refractivity contribution in [3.8, 4) is 11.8 Å². The lowest BCUT2D eigenvalue weighted by Crippen LogP contribution is -2.14. The minimum atomic E-state index is -4.17. The third kappa shape index (κ3) is 5.35. The minimum absolute atomic E-state index is 0.0110. The highest BCUT2D eigenvalue weighted by Crippen LogP contribution is 2.33. The number of aryl methyl sites for hydroxylation is 1. The number of nitriles is 1. The van der Waals surface area contributed by atoms with Gasteiger partial charge in [-0.2, -0.15) is 13.7 Å². The number of rotatable bonds is 6. The molecule has 0 saturated carbocycles. The molecule has 35 heavy (non-hydrogen) atoms. The lowest BCUT2D eigenvalue weighted by molar-refractivity contribution is -0.112. The number of hydrogen-bond donors (Lipinski definition) is 1. The zero-order chi connectivity index (χ0) is 25.0. The second kappa shape index (κ2) is 10.0. The van der Waals surface area contributed by atoms with Gasteiger partial charge in [0.25, 0.3) is 5.91 Å². The molecule has 0 heterocycles. The van der Waals surface area contributed by atoms with Gasteiger partial charge in [0.15, 0.2) is 5.75 Å². The first kappa shape index (κ1) is 24.0. The summed E-state index contributed by atoms with van der Waals surface area (Å²) in [4.78, 5) is 12.9. The van der Waals surface area contributed by atoms with Crippen LogP contribution in [-0.4, -0.2) is 14.3 Å². The molecular formula is C27H19ClN2O4S. The molecule has 0 unspecified atom stereocenters. The fraction of sp³-hybridized carbons (Fsp3) is 0.0370. The summed E-state index contributed by atoms with van der Waals surface area (Å²) in [6.45, 7) is 1.85. The highest BCUT2D eigenvalue weighted by Gasteiger charge is 2.20. The Kier molecular flexibility index (Phi) is 6.87. The molecule has 0 aliphatic rings. The Balaban J connectivity index is 1.79. The molecule has 0 saturated heterocycles. The average Bonchev–Trinajstić information content (AvgIpc) is 2.84. The van der Waals surface area contributed by atoms with Gasteiger partial charge in [-0.15, -0.1) is 0 Å². The average molecular weight is 503 g/mol. The first-order valence-electron chi connectivity index (χ1n) is 10.5. The van der Waals surface area contributed by atoms with Crippen molar-refractivity contribution in [3.05, 3.63) is 107 Å². The molecular weight excluding hydrogens is 484 g/mol. The number of anilines is 1. The molecule has 1 amide bonds. The van der Waals surface area contributed by atoms with Gasteiger partial charge >= 0.3 is 10.1 Å². The number of nitrogens with zero attached hydrogens (tertiary/aromatic N) is 1. The van der Waals surface area contributed by atoms with E-state index in [4.69, 9.17) is 15.8 Å². The van der Waals surface area contributed by atoms with E-state index < -0.39 is 16.0 Å². The van der Waals surface area contributed by atoms with E-state index in [1.807, 2.05) is 25.1 Å². The summed E-state index contributed by atoms with van der Waals surface area (Å²) in [5.41, 5.74) is 1.28. The largest absolute Gasteiger partial charge is 0.378 e. The zero-order valence-electron chi connectivity index (χ0n) is 18.5. The Morgan fingerprint density at radius 2 is 1.66 bits per heavy atom. The van der Waals surface area contributed by atoms with Crippen molar-refractivity contribution in [2.45, 2.75) is 11.8 Å². The molecule has 174 valence electrons. The summed E-state index contributed by atoms with van der Waals surface area (Å²) < 4.78 is 31.4. The Morgan fingerprint density at radius 3 is 2.37 bits per heavy atom. The Bertz CT molecular complexity index is 1600. The Hall–Kier alpha value is -4.12. The summed E-state index contributed by atoms with van der Waals surface area (Å²) in [5.74, 6) is -0.705. The second-order valence-corrected chi connectivity index (χ2v) is 9.61. The standard InChI is InChI=1S/C27H19ClN2O4S/c1-18-10-13-21(14-11-18)35(32,33)34-26-15-12-19-6-2-3-7-22(19)23(26)16-20(17-29)27(31)30-25-9-5-4-8-24(25)28/h2-16H,1H3,(H,30,31)/b20-16+. The summed E-state index contributed by atoms with van der Waals surface area (Å²) in [5, 5.41) is 14.1. The Morgan fingerprint density at radius 1 is 0.971 bits per heavy atom. The molecule has 4 rings (SSSR count). The van der Waals surface area contributed by atoms with Gasteiger partial charge < -0.3 is 9.50 Å². The summed E-state index contributed by atoms with van der Waals surface area (Å²) in [6, 6.07) is 25.2. The number of carbonyl (C=O) groups is 1. The fourth-order valence-electron chi connectivity index (χ4n) is 3.41. The van der Waals surface area contributed by atoms with Crippen LogP contribution in [0, 0.1) is 18.3 Å². The molecule has 4 aromatic carbocycles. The van der Waals surface area contributed by atoms with E-state index in [0.717, 1.165) is 10.9 Å². The molecule has 0 radical (unpaired) electrons. The van der Waals surface area contributed by atoms with E-state index >= 15 is 0 Å². The van der Waals surface area contributed by atoms with Gasteiger partial charge in [-0.1, -0.05) is 71.8 Å². The Labute approximate surface area is 208 Å². The van der Waals surface area contributed by atoms with Crippen molar-refractivity contribution in [2.75, 3.05) is 5.32 Å². The minimum Gasteiger partial charge on any atom is -0.378 e. The van der Waals surface area contributed by atoms with Crippen molar-refractivity contribution in [1.82, 2.24) is 0 Å². The van der Waals surface area contributed by atoms with Gasteiger partial charge in [-0.05, 0) is 54.1 Å². The third-order valence-corrected chi connectivity index (χ3v) is 6.79. The van der Waals surface area contributed by atoms with E-state index in [-0.39, 0.29) is 21.8 Å². The number of benzene rings is 4. The monoisotopic (exact) mass is 502 g/mol. The van der Waals surface area contributed by atoms with Gasteiger partial charge in [0, 0.05) is 5.56 Å². The SMILES string of the molecule is Cc1ccc(S(=O)(=O)Oc2ccc3ccccc3c2/C=C(\C#N)C(=O)Nc2ccccc2Cl)cc1. The summed E-state index contributed by atoms with van der Waals surface area (Å²) in [7, 11) is -4.17. The lowest BCUT2D eigenvalue weighted by atomic mass is 10.0. The molecule has 0 aliphatic carbocycles. The van der Waals surface area contributed by atoms with Crippen LogP contribution in [0.5, 0.6) is 5.75 Å². The maximum Gasteiger partial charge on any atom is 0.339 e. The van der Waals surface area contributed by atoms with E-state index in [1.165, 1.54) is 24.3 Å². The van der Waals surface area contributed by atoms with Crippen LogP contribution in [0.25, 0.3) is 16.8 Å². The van der Waals surface area contributed by atoms with Crippen LogP contribution in [0.15, 0.2) is 95.4 Å². The molecule has 4 aromatic rings. The van der Waals surface area contributed by atoms with Crippen molar-refractivity contribution < 1.29 is 17.4 Å². The number of fused-ring (bicyclic) bond motifs is 1. The van der Waals surface area contributed by atoms with Crippen LogP contribution in [0.2, 0.25) is 5.02 Å².